The van der Waals surface area contributed by atoms with E-state index >= 15 is 0 Å². The summed E-state index contributed by atoms with van der Waals surface area (Å²) in [5.41, 5.74) is 3.57. The summed E-state index contributed by atoms with van der Waals surface area (Å²) in [5, 5.41) is 9.58. The standard InChI is InChI=1S/C19H16ClFN3O6PS2/c1-10-16-15(5-4-14(17(16)20)29-7-6-22)32-19(10)33(27,28)24-18(30-31(25)26)11-2-3-12(9-23)13(21)8-11/h2-5,8,18,24H,6-7,22H2,1H3/p+1. The molecule has 1 aromatic heterocycles. The van der Waals surface area contributed by atoms with Crippen LogP contribution in [0.3, 0.4) is 0 Å². The maximum absolute atomic E-state index is 14.0. The summed E-state index contributed by atoms with van der Waals surface area (Å²) in [6.45, 7) is 2.39. The van der Waals surface area contributed by atoms with Crippen LogP contribution in [0.5, 0.6) is 5.75 Å². The number of rotatable bonds is 9. The molecule has 3 rings (SSSR count). The minimum absolute atomic E-state index is 0.127. The molecule has 2 aromatic carbocycles. The number of benzene rings is 2. The van der Waals surface area contributed by atoms with E-state index in [0.717, 1.165) is 23.5 Å². The highest BCUT2D eigenvalue weighted by atomic mass is 35.5. The molecule has 0 radical (unpaired) electrons. The molecular formula is C19H17ClFN3O6PS2+. The van der Waals surface area contributed by atoms with Gasteiger partial charge in [-0.25, -0.2) is 12.8 Å². The summed E-state index contributed by atoms with van der Waals surface area (Å²) < 4.78 is 64.4. The zero-order chi connectivity index (χ0) is 24.3. The van der Waals surface area contributed by atoms with Gasteiger partial charge in [-0.05, 0) is 41.3 Å². The molecule has 174 valence electrons. The van der Waals surface area contributed by atoms with Gasteiger partial charge in [-0.15, -0.1) is 15.9 Å². The van der Waals surface area contributed by atoms with Crippen molar-refractivity contribution in [2.75, 3.05) is 13.2 Å². The molecule has 1 heterocycles. The highest BCUT2D eigenvalue weighted by Crippen LogP contribution is 2.42. The van der Waals surface area contributed by atoms with Crippen LogP contribution < -0.4 is 20.1 Å². The molecule has 14 heteroatoms. The number of fused-ring (bicyclic) bond motifs is 1. The van der Waals surface area contributed by atoms with Gasteiger partial charge in [-0.3, -0.25) is 0 Å². The van der Waals surface area contributed by atoms with Gasteiger partial charge >= 0.3 is 8.25 Å². The van der Waals surface area contributed by atoms with Gasteiger partial charge in [0, 0.05) is 15.6 Å². The van der Waals surface area contributed by atoms with Crippen molar-refractivity contribution < 1.29 is 37.3 Å². The Morgan fingerprint density at radius 3 is 2.73 bits per heavy atom. The van der Waals surface area contributed by atoms with Gasteiger partial charge in [-0.2, -0.15) is 9.98 Å². The van der Waals surface area contributed by atoms with Crippen LogP contribution in [-0.4, -0.2) is 21.6 Å². The van der Waals surface area contributed by atoms with Gasteiger partial charge in [0.1, 0.15) is 35.0 Å². The fourth-order valence-electron chi connectivity index (χ4n) is 3.02. The van der Waals surface area contributed by atoms with E-state index in [1.165, 1.54) is 6.07 Å². The minimum Gasteiger partial charge on any atom is -0.566 e. The zero-order valence-corrected chi connectivity index (χ0v) is 20.3. The van der Waals surface area contributed by atoms with Crippen molar-refractivity contribution in [2.24, 2.45) is 0 Å². The number of hydrogen-bond acceptors (Lipinski definition) is 8. The second-order valence-corrected chi connectivity index (χ2v) is 10.6. The molecule has 0 aliphatic heterocycles. The first-order valence-electron chi connectivity index (χ1n) is 9.25. The Labute approximate surface area is 198 Å². The molecule has 33 heavy (non-hydrogen) atoms. The first-order valence-corrected chi connectivity index (χ1v) is 13.0. The second kappa shape index (κ2) is 10.4. The quantitative estimate of drug-likeness (QED) is 0.316. The number of ether oxygens (including phenoxy) is 1. The minimum atomic E-state index is -4.34. The number of nitriles is 1. The summed E-state index contributed by atoms with van der Waals surface area (Å²) in [5.74, 6) is -0.577. The lowest BCUT2D eigenvalue weighted by Crippen LogP contribution is -2.52. The Bertz CT molecular complexity index is 1380. The molecule has 0 aliphatic carbocycles. The fraction of sp³-hybridized carbons (Fsp3) is 0.211. The van der Waals surface area contributed by atoms with Crippen molar-refractivity contribution in [2.45, 2.75) is 17.4 Å². The molecule has 0 fully saturated rings. The summed E-state index contributed by atoms with van der Waals surface area (Å²) in [6.07, 6.45) is -1.76. The molecule has 2 unspecified atom stereocenters. The molecule has 0 bridgehead atoms. The number of aryl methyl sites for hydroxylation is 1. The number of nitrogens with zero attached hydrogens (tertiary/aromatic N) is 1. The van der Waals surface area contributed by atoms with Crippen LogP contribution in [0.1, 0.15) is 22.9 Å². The lowest BCUT2D eigenvalue weighted by molar-refractivity contribution is -0.370. The molecule has 2 atom stereocenters. The third-order valence-corrected chi connectivity index (χ3v) is 8.50. The van der Waals surface area contributed by atoms with Crippen LogP contribution in [0.2, 0.25) is 5.02 Å². The van der Waals surface area contributed by atoms with E-state index in [2.05, 4.69) is 15.0 Å². The maximum Gasteiger partial charge on any atom is 0.490 e. The number of quaternary nitrogens is 1. The van der Waals surface area contributed by atoms with Crippen molar-refractivity contribution in [3.05, 3.63) is 57.9 Å². The smallest absolute Gasteiger partial charge is 0.490 e. The largest absolute Gasteiger partial charge is 0.566 e. The molecule has 0 saturated heterocycles. The van der Waals surface area contributed by atoms with Crippen LogP contribution in [0.15, 0.2) is 34.5 Å². The predicted octanol–water partition coefficient (Wildman–Crippen LogP) is 2.51. The average Bonchev–Trinajstić information content (AvgIpc) is 3.10. The predicted molar refractivity (Wildman–Crippen MR) is 118 cm³/mol. The highest BCUT2D eigenvalue weighted by Gasteiger charge is 2.31. The van der Waals surface area contributed by atoms with Crippen LogP contribution >= 0.6 is 31.2 Å². The lowest BCUT2D eigenvalue weighted by atomic mass is 10.1. The molecule has 9 nitrogen and oxygen atoms in total. The normalized spacial score (nSPS) is 13.0. The van der Waals surface area contributed by atoms with Gasteiger partial charge in [0.05, 0.1) is 10.6 Å². The molecular weight excluding hydrogens is 516 g/mol. The van der Waals surface area contributed by atoms with Gasteiger partial charge in [0.2, 0.25) is 6.23 Å². The SMILES string of the molecule is Cc1c(S(=O)(=O)NC(O[P+](=O)[O-])c2ccc(C#N)c(F)c2)sc2ccc(OCC[NH3+])c(Cl)c12. The topological polar surface area (TPSA) is 156 Å². The first-order chi connectivity index (χ1) is 15.6. The van der Waals surface area contributed by atoms with Crippen LogP contribution in [0.4, 0.5) is 4.39 Å². The lowest BCUT2D eigenvalue weighted by Gasteiger charge is -2.15. The summed E-state index contributed by atoms with van der Waals surface area (Å²) >= 11 is 7.35. The number of nitrogens with one attached hydrogen (secondary N) is 1. The Hall–Kier alpha value is -2.20. The van der Waals surface area contributed by atoms with Crippen molar-refractivity contribution in [1.82, 2.24) is 4.72 Å². The van der Waals surface area contributed by atoms with Crippen LogP contribution in [-0.2, 0) is 19.1 Å². The van der Waals surface area contributed by atoms with Crippen molar-refractivity contribution in [3.63, 3.8) is 0 Å². The first kappa shape index (κ1) is 25.4. The number of thiophene rings is 1. The highest BCUT2D eigenvalue weighted by molar-refractivity contribution is 7.91. The Kier molecular flexibility index (Phi) is 8.00. The van der Waals surface area contributed by atoms with E-state index in [4.69, 9.17) is 21.6 Å². The van der Waals surface area contributed by atoms with E-state index in [0.29, 0.717) is 34.6 Å². The van der Waals surface area contributed by atoms with E-state index in [-0.39, 0.29) is 20.4 Å². The second-order valence-electron chi connectivity index (χ2n) is 6.65. The van der Waals surface area contributed by atoms with Gasteiger partial charge in [-0.1, -0.05) is 17.7 Å². The van der Waals surface area contributed by atoms with Crippen LogP contribution in [0.25, 0.3) is 10.1 Å². The Morgan fingerprint density at radius 2 is 2.12 bits per heavy atom. The monoisotopic (exact) mass is 532 g/mol. The average molecular weight is 533 g/mol. The van der Waals surface area contributed by atoms with Crippen LogP contribution in [0, 0.1) is 24.1 Å². The third kappa shape index (κ3) is 5.48. The van der Waals surface area contributed by atoms with E-state index in [1.807, 2.05) is 0 Å². The van der Waals surface area contributed by atoms with Crippen molar-refractivity contribution in [3.8, 4) is 11.8 Å². The Balaban J connectivity index is 2.03. The number of halogens is 2. The third-order valence-electron chi connectivity index (χ3n) is 4.47. The molecule has 4 N–H and O–H groups in total. The van der Waals surface area contributed by atoms with Gasteiger partial charge in [0.25, 0.3) is 10.0 Å². The van der Waals surface area contributed by atoms with Crippen molar-refractivity contribution >= 4 is 51.3 Å². The number of sulfonamides is 1. The molecule has 0 aliphatic rings. The summed E-state index contributed by atoms with van der Waals surface area (Å²) in [6, 6.07) is 8.01. The zero-order valence-electron chi connectivity index (χ0n) is 17.0. The maximum atomic E-state index is 14.0. The van der Waals surface area contributed by atoms with E-state index in [1.54, 1.807) is 25.1 Å². The number of hydrogen-bond donors (Lipinski definition) is 2. The van der Waals surface area contributed by atoms with Gasteiger partial charge < -0.3 is 15.4 Å². The summed E-state index contributed by atoms with van der Waals surface area (Å²) in [7, 11) is -7.84. The van der Waals surface area contributed by atoms with E-state index < -0.39 is 30.3 Å². The molecule has 0 saturated carbocycles. The van der Waals surface area contributed by atoms with E-state index in [9.17, 15) is 22.3 Å². The molecule has 0 amide bonds. The molecule has 3 aromatic rings. The molecule has 0 spiro atoms. The van der Waals surface area contributed by atoms with Crippen molar-refractivity contribution in [1.29, 1.82) is 5.26 Å². The Morgan fingerprint density at radius 1 is 1.39 bits per heavy atom. The summed E-state index contributed by atoms with van der Waals surface area (Å²) in [4.78, 5) is 11.2. The van der Waals surface area contributed by atoms with Gasteiger partial charge in [0.15, 0.2) is 0 Å². The fourth-order valence-corrected chi connectivity index (χ4v) is 6.73.